The average Bonchev–Trinajstić information content (AvgIpc) is 2.48. The Hall–Kier alpha value is -1.60. The number of hydrogen-bond donors (Lipinski definition) is 2. The summed E-state index contributed by atoms with van der Waals surface area (Å²) in [6.45, 7) is 2.25. The van der Waals surface area contributed by atoms with Gasteiger partial charge in [0.1, 0.15) is 0 Å². The molecule has 0 bridgehead atoms. The second-order valence-electron chi connectivity index (χ2n) is 4.31. The lowest BCUT2D eigenvalue weighted by atomic mass is 10.3. The molecule has 1 fully saturated rings. The lowest BCUT2D eigenvalue weighted by Crippen LogP contribution is -2.46. The summed E-state index contributed by atoms with van der Waals surface area (Å²) in [5.74, 6) is -0.0979. The minimum atomic E-state index is -0.395. The first-order chi connectivity index (χ1) is 9.65. The number of anilines is 1. The summed E-state index contributed by atoms with van der Waals surface area (Å²) >= 11 is 3.32. The van der Waals surface area contributed by atoms with E-state index in [1.54, 1.807) is 17.0 Å². The van der Waals surface area contributed by atoms with E-state index in [0.717, 1.165) is 4.47 Å². The van der Waals surface area contributed by atoms with Gasteiger partial charge in [-0.15, -0.1) is 0 Å². The van der Waals surface area contributed by atoms with Gasteiger partial charge in [0.25, 0.3) is 0 Å². The SMILES string of the molecule is O=C(NCC(=O)N1CCOCC1)Nc1ccc(Br)cc1. The number of carbonyl (C=O) groups is 2. The highest BCUT2D eigenvalue weighted by molar-refractivity contribution is 9.10. The van der Waals surface area contributed by atoms with Gasteiger partial charge in [-0.3, -0.25) is 4.79 Å². The Morgan fingerprint density at radius 2 is 1.85 bits per heavy atom. The van der Waals surface area contributed by atoms with Crippen LogP contribution in [0, 0.1) is 0 Å². The van der Waals surface area contributed by atoms with Gasteiger partial charge in [0.05, 0.1) is 19.8 Å². The van der Waals surface area contributed by atoms with Crippen molar-refractivity contribution in [1.82, 2.24) is 10.2 Å². The zero-order valence-electron chi connectivity index (χ0n) is 10.9. The highest BCUT2D eigenvalue weighted by atomic mass is 79.9. The summed E-state index contributed by atoms with van der Waals surface area (Å²) in [4.78, 5) is 25.2. The van der Waals surface area contributed by atoms with Crippen LogP contribution in [0.25, 0.3) is 0 Å². The summed E-state index contributed by atoms with van der Waals surface area (Å²) in [5.41, 5.74) is 0.671. The number of nitrogens with one attached hydrogen (secondary N) is 2. The predicted octanol–water partition coefficient (Wildman–Crippen LogP) is 1.43. The molecule has 1 aromatic carbocycles. The maximum Gasteiger partial charge on any atom is 0.319 e. The third-order valence-electron chi connectivity index (χ3n) is 2.87. The Morgan fingerprint density at radius 3 is 2.50 bits per heavy atom. The molecule has 1 aliphatic heterocycles. The van der Waals surface area contributed by atoms with Crippen LogP contribution in [0.15, 0.2) is 28.7 Å². The van der Waals surface area contributed by atoms with E-state index in [2.05, 4.69) is 26.6 Å². The quantitative estimate of drug-likeness (QED) is 0.873. The third-order valence-corrected chi connectivity index (χ3v) is 3.39. The van der Waals surface area contributed by atoms with Crippen LogP contribution in [0.4, 0.5) is 10.5 Å². The van der Waals surface area contributed by atoms with E-state index in [1.165, 1.54) is 0 Å². The van der Waals surface area contributed by atoms with Crippen molar-refractivity contribution in [1.29, 1.82) is 0 Å². The van der Waals surface area contributed by atoms with Crippen molar-refractivity contribution in [3.8, 4) is 0 Å². The number of morpholine rings is 1. The largest absolute Gasteiger partial charge is 0.378 e. The highest BCUT2D eigenvalue weighted by Crippen LogP contribution is 2.13. The molecule has 0 aromatic heterocycles. The van der Waals surface area contributed by atoms with Crippen LogP contribution < -0.4 is 10.6 Å². The molecule has 108 valence electrons. The van der Waals surface area contributed by atoms with Gasteiger partial charge < -0.3 is 20.3 Å². The monoisotopic (exact) mass is 341 g/mol. The minimum absolute atomic E-state index is 0.0115. The Bertz CT molecular complexity index is 472. The zero-order chi connectivity index (χ0) is 14.4. The Labute approximate surface area is 125 Å². The molecule has 2 rings (SSSR count). The highest BCUT2D eigenvalue weighted by Gasteiger charge is 2.17. The minimum Gasteiger partial charge on any atom is -0.378 e. The van der Waals surface area contributed by atoms with Crippen molar-refractivity contribution in [2.45, 2.75) is 0 Å². The van der Waals surface area contributed by atoms with Crippen molar-refractivity contribution in [2.24, 2.45) is 0 Å². The summed E-state index contributed by atoms with van der Waals surface area (Å²) in [7, 11) is 0. The average molecular weight is 342 g/mol. The van der Waals surface area contributed by atoms with E-state index in [-0.39, 0.29) is 12.5 Å². The number of halogens is 1. The van der Waals surface area contributed by atoms with Crippen LogP contribution in [-0.2, 0) is 9.53 Å². The van der Waals surface area contributed by atoms with Gasteiger partial charge in [-0.1, -0.05) is 15.9 Å². The van der Waals surface area contributed by atoms with Gasteiger partial charge in [-0.05, 0) is 24.3 Å². The smallest absolute Gasteiger partial charge is 0.319 e. The molecule has 6 nitrogen and oxygen atoms in total. The van der Waals surface area contributed by atoms with Crippen molar-refractivity contribution < 1.29 is 14.3 Å². The Morgan fingerprint density at radius 1 is 1.20 bits per heavy atom. The molecule has 1 aromatic rings. The van der Waals surface area contributed by atoms with Crippen LogP contribution >= 0.6 is 15.9 Å². The standard InChI is InChI=1S/C13H16BrN3O3/c14-10-1-3-11(4-2-10)16-13(19)15-9-12(18)17-5-7-20-8-6-17/h1-4H,5-9H2,(H2,15,16,19). The number of nitrogens with zero attached hydrogens (tertiary/aromatic N) is 1. The van der Waals surface area contributed by atoms with Gasteiger partial charge >= 0.3 is 6.03 Å². The summed E-state index contributed by atoms with van der Waals surface area (Å²) < 4.78 is 6.10. The van der Waals surface area contributed by atoms with Gasteiger partial charge in [0.15, 0.2) is 0 Å². The van der Waals surface area contributed by atoms with E-state index in [0.29, 0.717) is 32.0 Å². The molecule has 3 amide bonds. The topological polar surface area (TPSA) is 70.7 Å². The van der Waals surface area contributed by atoms with Crippen LogP contribution in [0.1, 0.15) is 0 Å². The van der Waals surface area contributed by atoms with Crippen molar-refractivity contribution in [3.63, 3.8) is 0 Å². The lowest BCUT2D eigenvalue weighted by molar-refractivity contribution is -0.134. The molecule has 1 heterocycles. The number of benzene rings is 1. The molecule has 0 unspecified atom stereocenters. The molecule has 2 N–H and O–H groups in total. The molecular formula is C13H16BrN3O3. The summed E-state index contributed by atoms with van der Waals surface area (Å²) in [5, 5.41) is 5.21. The van der Waals surface area contributed by atoms with Crippen molar-refractivity contribution in [3.05, 3.63) is 28.7 Å². The summed E-state index contributed by atoms with van der Waals surface area (Å²) in [6, 6.07) is 6.80. The fourth-order valence-corrected chi connectivity index (χ4v) is 2.05. The van der Waals surface area contributed by atoms with Crippen molar-refractivity contribution in [2.75, 3.05) is 38.2 Å². The van der Waals surface area contributed by atoms with Gasteiger partial charge in [-0.2, -0.15) is 0 Å². The van der Waals surface area contributed by atoms with Crippen LogP contribution in [0.5, 0.6) is 0 Å². The zero-order valence-corrected chi connectivity index (χ0v) is 12.5. The van der Waals surface area contributed by atoms with E-state index in [1.807, 2.05) is 12.1 Å². The van der Waals surface area contributed by atoms with E-state index >= 15 is 0 Å². The molecule has 0 atom stereocenters. The fourth-order valence-electron chi connectivity index (χ4n) is 1.79. The van der Waals surface area contributed by atoms with E-state index < -0.39 is 6.03 Å². The number of hydrogen-bond acceptors (Lipinski definition) is 3. The van der Waals surface area contributed by atoms with E-state index in [4.69, 9.17) is 4.74 Å². The molecule has 7 heteroatoms. The van der Waals surface area contributed by atoms with Crippen LogP contribution in [0.3, 0.4) is 0 Å². The second-order valence-corrected chi connectivity index (χ2v) is 5.22. The van der Waals surface area contributed by atoms with Gasteiger partial charge in [0, 0.05) is 23.2 Å². The van der Waals surface area contributed by atoms with Crippen LogP contribution in [0.2, 0.25) is 0 Å². The number of amides is 3. The Balaban J connectivity index is 1.74. The molecule has 1 saturated heterocycles. The molecule has 1 aliphatic rings. The maximum absolute atomic E-state index is 11.8. The third kappa shape index (κ3) is 4.50. The van der Waals surface area contributed by atoms with Crippen LogP contribution in [-0.4, -0.2) is 49.7 Å². The Kier molecular flexibility index (Phi) is 5.37. The molecule has 0 radical (unpaired) electrons. The number of carbonyl (C=O) groups excluding carboxylic acids is 2. The lowest BCUT2D eigenvalue weighted by Gasteiger charge is -2.26. The first-order valence-corrected chi connectivity index (χ1v) is 7.10. The molecule has 0 spiro atoms. The van der Waals surface area contributed by atoms with Crippen molar-refractivity contribution >= 4 is 33.6 Å². The summed E-state index contributed by atoms with van der Waals surface area (Å²) in [6.07, 6.45) is 0. The predicted molar refractivity (Wildman–Crippen MR) is 78.6 cm³/mol. The molecule has 0 aliphatic carbocycles. The fraction of sp³-hybridized carbons (Fsp3) is 0.385. The first-order valence-electron chi connectivity index (χ1n) is 6.31. The molecule has 0 saturated carbocycles. The number of urea groups is 1. The number of ether oxygens (including phenoxy) is 1. The van der Waals surface area contributed by atoms with Gasteiger partial charge in [0.2, 0.25) is 5.91 Å². The van der Waals surface area contributed by atoms with Gasteiger partial charge in [-0.25, -0.2) is 4.79 Å². The maximum atomic E-state index is 11.8. The number of rotatable bonds is 3. The first kappa shape index (κ1) is 14.8. The second kappa shape index (κ2) is 7.25. The molecular weight excluding hydrogens is 326 g/mol. The molecule has 20 heavy (non-hydrogen) atoms. The van der Waals surface area contributed by atoms with E-state index in [9.17, 15) is 9.59 Å². The normalized spacial score (nSPS) is 14.8.